The number of ether oxygens (including phenoxy) is 2. The van der Waals surface area contributed by atoms with Gasteiger partial charge in [0.05, 0.1) is 19.8 Å². The highest BCUT2D eigenvalue weighted by molar-refractivity contribution is 5.70. The van der Waals surface area contributed by atoms with E-state index in [4.69, 9.17) is 14.0 Å². The molecule has 0 bridgehead atoms. The topological polar surface area (TPSA) is 121 Å². The van der Waals surface area contributed by atoms with Gasteiger partial charge in [0, 0.05) is 26.2 Å². The van der Waals surface area contributed by atoms with Crippen molar-refractivity contribution in [2.45, 2.75) is 32.4 Å². The Morgan fingerprint density at radius 2 is 1.89 bits per heavy atom. The van der Waals surface area contributed by atoms with Gasteiger partial charge in [0.1, 0.15) is 11.6 Å². The fourth-order valence-corrected chi connectivity index (χ4v) is 2.97. The fraction of sp³-hybridized carbons (Fsp3) is 0.750. The highest BCUT2D eigenvalue weighted by atomic mass is 16.6. The number of carbonyl (C=O) groups excluding carboxylic acids is 1. The lowest BCUT2D eigenvalue weighted by molar-refractivity contribution is 0.00156. The average molecular weight is 383 g/mol. The van der Waals surface area contributed by atoms with E-state index < -0.39 is 23.8 Å². The average Bonchev–Trinajstić information content (AvgIpc) is 3.10. The van der Waals surface area contributed by atoms with Gasteiger partial charge in [-0.3, -0.25) is 4.90 Å². The van der Waals surface area contributed by atoms with E-state index in [2.05, 4.69) is 10.1 Å². The zero-order valence-corrected chi connectivity index (χ0v) is 15.8. The van der Waals surface area contributed by atoms with Crippen LogP contribution < -0.4 is 4.90 Å². The molecule has 2 fully saturated rings. The van der Waals surface area contributed by atoms with Crippen molar-refractivity contribution in [2.75, 3.05) is 50.8 Å². The van der Waals surface area contributed by atoms with Crippen LogP contribution in [0.2, 0.25) is 0 Å². The summed E-state index contributed by atoms with van der Waals surface area (Å²) < 4.78 is 16.0. The van der Waals surface area contributed by atoms with Gasteiger partial charge in [-0.1, -0.05) is 0 Å². The number of rotatable bonds is 2. The second-order valence-electron chi connectivity index (χ2n) is 7.45. The zero-order valence-electron chi connectivity index (χ0n) is 15.8. The van der Waals surface area contributed by atoms with Crippen LogP contribution in [0.5, 0.6) is 0 Å². The lowest BCUT2D eigenvalue weighted by Crippen LogP contribution is -2.53. The van der Waals surface area contributed by atoms with Crippen molar-refractivity contribution in [3.63, 3.8) is 0 Å². The van der Waals surface area contributed by atoms with Crippen LogP contribution in [-0.4, -0.2) is 88.8 Å². The molecule has 2 saturated heterocycles. The number of anilines is 1. The molecule has 2 amide bonds. The molecule has 1 N–H and O–H groups in total. The molecule has 1 unspecified atom stereocenters. The van der Waals surface area contributed by atoms with Crippen LogP contribution in [-0.2, 0) is 9.47 Å². The van der Waals surface area contributed by atoms with Crippen molar-refractivity contribution in [1.29, 1.82) is 0 Å². The number of aromatic nitrogens is 2. The van der Waals surface area contributed by atoms with E-state index in [0.29, 0.717) is 32.3 Å². The quantitative estimate of drug-likeness (QED) is 0.802. The van der Waals surface area contributed by atoms with Gasteiger partial charge >= 0.3 is 12.2 Å². The number of hydrogen-bond donors (Lipinski definition) is 1. The Morgan fingerprint density at radius 1 is 1.19 bits per heavy atom. The second kappa shape index (κ2) is 7.59. The number of piperazine rings is 1. The highest BCUT2D eigenvalue weighted by Gasteiger charge is 2.38. The summed E-state index contributed by atoms with van der Waals surface area (Å²) in [4.78, 5) is 32.9. The Morgan fingerprint density at radius 3 is 2.52 bits per heavy atom. The molecule has 11 heteroatoms. The smallest absolute Gasteiger partial charge is 0.410 e. The molecule has 0 saturated carbocycles. The zero-order chi connectivity index (χ0) is 19.6. The summed E-state index contributed by atoms with van der Waals surface area (Å²) in [6.45, 7) is 8.21. The number of carbonyl (C=O) groups is 2. The molecule has 1 atom stereocenters. The Bertz CT molecular complexity index is 681. The summed E-state index contributed by atoms with van der Waals surface area (Å²) in [5.74, 6) is 0.556. The fourth-order valence-electron chi connectivity index (χ4n) is 2.97. The van der Waals surface area contributed by atoms with Gasteiger partial charge in [-0.15, -0.1) is 0 Å². The molecule has 3 heterocycles. The number of hydrogen-bond acceptors (Lipinski definition) is 8. The van der Waals surface area contributed by atoms with E-state index in [0.717, 1.165) is 0 Å². The maximum absolute atomic E-state index is 12.4. The predicted octanol–water partition coefficient (Wildman–Crippen LogP) is 1.18. The summed E-state index contributed by atoms with van der Waals surface area (Å²) in [6, 6.07) is -0.744. The molecule has 0 radical (unpaired) electrons. The third kappa shape index (κ3) is 4.59. The van der Waals surface area contributed by atoms with Gasteiger partial charge in [0.25, 0.3) is 11.8 Å². The van der Waals surface area contributed by atoms with Crippen molar-refractivity contribution in [1.82, 2.24) is 19.9 Å². The normalized spacial score (nSPS) is 21.3. The maximum Gasteiger partial charge on any atom is 0.410 e. The van der Waals surface area contributed by atoms with Crippen molar-refractivity contribution in [3.8, 4) is 0 Å². The Balaban J connectivity index is 1.76. The van der Waals surface area contributed by atoms with Crippen LogP contribution in [0.25, 0.3) is 0 Å². The molecule has 11 nitrogen and oxygen atoms in total. The molecular weight excluding hydrogens is 358 g/mol. The van der Waals surface area contributed by atoms with Gasteiger partial charge < -0.3 is 28.9 Å². The van der Waals surface area contributed by atoms with Crippen LogP contribution in [0, 0.1) is 0 Å². The molecule has 27 heavy (non-hydrogen) atoms. The van der Waals surface area contributed by atoms with Crippen LogP contribution in [0.3, 0.4) is 0 Å². The van der Waals surface area contributed by atoms with Crippen molar-refractivity contribution in [2.24, 2.45) is 0 Å². The first-order chi connectivity index (χ1) is 12.7. The molecule has 0 aliphatic carbocycles. The number of carboxylic acid groups (broad SMARTS) is 1. The minimum atomic E-state index is -1.10. The van der Waals surface area contributed by atoms with Crippen LogP contribution in [0.4, 0.5) is 15.5 Å². The first-order valence-electron chi connectivity index (χ1n) is 8.88. The van der Waals surface area contributed by atoms with Gasteiger partial charge in [-0.05, 0) is 25.9 Å². The van der Waals surface area contributed by atoms with Crippen LogP contribution in [0.15, 0.2) is 4.52 Å². The molecule has 0 spiro atoms. The third-order valence-corrected chi connectivity index (χ3v) is 4.29. The van der Waals surface area contributed by atoms with E-state index in [1.807, 2.05) is 4.90 Å². The van der Waals surface area contributed by atoms with Gasteiger partial charge in [-0.2, -0.15) is 4.98 Å². The lowest BCUT2D eigenvalue weighted by Gasteiger charge is -2.38. The van der Waals surface area contributed by atoms with E-state index in [1.165, 1.54) is 9.80 Å². The lowest BCUT2D eigenvalue weighted by atomic mass is 10.1. The predicted molar refractivity (Wildman–Crippen MR) is 92.6 cm³/mol. The first-order valence-corrected chi connectivity index (χ1v) is 8.88. The molecule has 1 aromatic rings. The van der Waals surface area contributed by atoms with Crippen LogP contribution in [0.1, 0.15) is 32.7 Å². The Labute approximate surface area is 156 Å². The standard InChI is InChI=1S/C16H25N5O6/c1-16(2,3)26-15(24)20-4-5-21(14(22)23)11(10-20)12-17-13(18-27-12)19-6-8-25-9-7-19/h11H,4-10H2,1-3H3,(H,22,23). The summed E-state index contributed by atoms with van der Waals surface area (Å²) in [6.07, 6.45) is -1.60. The monoisotopic (exact) mass is 383 g/mol. The van der Waals surface area contributed by atoms with Crippen LogP contribution >= 0.6 is 0 Å². The summed E-state index contributed by atoms with van der Waals surface area (Å²) >= 11 is 0. The Hall–Kier alpha value is -2.56. The molecule has 3 rings (SSSR count). The van der Waals surface area contributed by atoms with Gasteiger partial charge in [0.15, 0.2) is 0 Å². The van der Waals surface area contributed by atoms with E-state index in [9.17, 15) is 14.7 Å². The summed E-state index contributed by atoms with van der Waals surface area (Å²) in [5, 5.41) is 13.5. The van der Waals surface area contributed by atoms with E-state index >= 15 is 0 Å². The molecular formula is C16H25N5O6. The number of amides is 2. The van der Waals surface area contributed by atoms with Crippen molar-refractivity contribution >= 4 is 18.1 Å². The van der Waals surface area contributed by atoms with E-state index in [-0.39, 0.29) is 25.5 Å². The van der Waals surface area contributed by atoms with Gasteiger partial charge in [-0.25, -0.2) is 9.59 Å². The van der Waals surface area contributed by atoms with Crippen molar-refractivity contribution < 1.29 is 28.7 Å². The molecule has 1 aromatic heterocycles. The second-order valence-corrected chi connectivity index (χ2v) is 7.45. The SMILES string of the molecule is CC(C)(C)OC(=O)N1CCN(C(=O)O)C(c2nc(N3CCOCC3)no2)C1. The first kappa shape index (κ1) is 19.2. The maximum atomic E-state index is 12.4. The Kier molecular flexibility index (Phi) is 5.40. The molecule has 150 valence electrons. The minimum Gasteiger partial charge on any atom is -0.465 e. The van der Waals surface area contributed by atoms with E-state index in [1.54, 1.807) is 20.8 Å². The minimum absolute atomic E-state index is 0.0892. The van der Waals surface area contributed by atoms with Crippen molar-refractivity contribution in [3.05, 3.63) is 5.89 Å². The summed E-state index contributed by atoms with van der Waals surface area (Å²) in [7, 11) is 0. The largest absolute Gasteiger partial charge is 0.465 e. The molecule has 2 aliphatic heterocycles. The van der Waals surface area contributed by atoms with Gasteiger partial charge in [0.2, 0.25) is 0 Å². The number of nitrogens with zero attached hydrogens (tertiary/aromatic N) is 5. The molecule has 2 aliphatic rings. The number of morpholine rings is 1. The summed E-state index contributed by atoms with van der Waals surface area (Å²) in [5.41, 5.74) is -0.634. The molecule has 0 aromatic carbocycles. The third-order valence-electron chi connectivity index (χ3n) is 4.29. The highest BCUT2D eigenvalue weighted by Crippen LogP contribution is 2.27.